The van der Waals surface area contributed by atoms with Crippen LogP contribution in [0, 0.1) is 13.8 Å². The molecule has 0 atom stereocenters. The minimum Gasteiger partial charge on any atom is -0.456 e. The zero-order chi connectivity index (χ0) is 14.0. The maximum Gasteiger partial charge on any atom is 0.146 e. The van der Waals surface area contributed by atoms with Gasteiger partial charge in [-0.2, -0.15) is 0 Å². The van der Waals surface area contributed by atoms with Crippen LogP contribution < -0.4 is 10.5 Å². The summed E-state index contributed by atoms with van der Waals surface area (Å²) in [6.45, 7) is 4.53. The molecule has 2 rings (SSSR count). The molecule has 0 bridgehead atoms. The molecule has 100 valence electrons. The van der Waals surface area contributed by atoms with Gasteiger partial charge in [0.15, 0.2) is 0 Å². The molecule has 0 aliphatic rings. The van der Waals surface area contributed by atoms with E-state index in [2.05, 4.69) is 15.9 Å². The summed E-state index contributed by atoms with van der Waals surface area (Å²) < 4.78 is 6.93. The SMILES string of the molecule is Cc1cc(Oc2ccc(CN)cc2Cl)cc(C)c1Br. The third-order valence-corrected chi connectivity index (χ3v) is 4.42. The second kappa shape index (κ2) is 5.95. The first-order chi connectivity index (χ1) is 9.01. The third kappa shape index (κ3) is 3.30. The second-order valence-electron chi connectivity index (χ2n) is 4.44. The number of benzene rings is 2. The highest BCUT2D eigenvalue weighted by molar-refractivity contribution is 9.10. The molecular formula is C15H15BrClNO. The van der Waals surface area contributed by atoms with E-state index in [9.17, 15) is 0 Å². The Morgan fingerprint density at radius 1 is 1.16 bits per heavy atom. The van der Waals surface area contributed by atoms with E-state index in [1.807, 2.05) is 44.2 Å². The minimum absolute atomic E-state index is 0.469. The highest BCUT2D eigenvalue weighted by Gasteiger charge is 2.07. The van der Waals surface area contributed by atoms with Gasteiger partial charge in [0.2, 0.25) is 0 Å². The monoisotopic (exact) mass is 339 g/mol. The van der Waals surface area contributed by atoms with Crippen LogP contribution in [0.15, 0.2) is 34.8 Å². The number of halogens is 2. The first-order valence-electron chi connectivity index (χ1n) is 5.94. The molecule has 0 spiro atoms. The molecule has 0 saturated carbocycles. The largest absolute Gasteiger partial charge is 0.456 e. The quantitative estimate of drug-likeness (QED) is 0.856. The lowest BCUT2D eigenvalue weighted by molar-refractivity contribution is 0.481. The van der Waals surface area contributed by atoms with Crippen molar-refractivity contribution >= 4 is 27.5 Å². The lowest BCUT2D eigenvalue weighted by atomic mass is 10.1. The van der Waals surface area contributed by atoms with Crippen molar-refractivity contribution in [2.75, 3.05) is 0 Å². The molecule has 2 nitrogen and oxygen atoms in total. The van der Waals surface area contributed by atoms with Gasteiger partial charge in [0, 0.05) is 11.0 Å². The van der Waals surface area contributed by atoms with Crippen molar-refractivity contribution in [3.63, 3.8) is 0 Å². The molecule has 4 heteroatoms. The van der Waals surface area contributed by atoms with Gasteiger partial charge in [-0.3, -0.25) is 0 Å². The number of ether oxygens (including phenoxy) is 1. The van der Waals surface area contributed by atoms with Crippen molar-refractivity contribution in [3.05, 3.63) is 56.5 Å². The molecule has 2 aromatic carbocycles. The van der Waals surface area contributed by atoms with Gasteiger partial charge in [0.25, 0.3) is 0 Å². The average molecular weight is 341 g/mol. The molecule has 0 amide bonds. The summed E-state index contributed by atoms with van der Waals surface area (Å²) in [5, 5.41) is 0.571. The summed E-state index contributed by atoms with van der Waals surface area (Å²) in [5.74, 6) is 1.42. The van der Waals surface area contributed by atoms with Crippen LogP contribution in [-0.4, -0.2) is 0 Å². The molecule has 2 aromatic rings. The average Bonchev–Trinajstić information content (AvgIpc) is 2.38. The van der Waals surface area contributed by atoms with Gasteiger partial charge < -0.3 is 10.5 Å². The summed E-state index contributed by atoms with van der Waals surface area (Å²) in [5.41, 5.74) is 8.82. The van der Waals surface area contributed by atoms with Gasteiger partial charge in [-0.25, -0.2) is 0 Å². The third-order valence-electron chi connectivity index (χ3n) is 2.87. The van der Waals surface area contributed by atoms with Crippen molar-refractivity contribution in [3.8, 4) is 11.5 Å². The fourth-order valence-electron chi connectivity index (χ4n) is 1.85. The van der Waals surface area contributed by atoms with Crippen LogP contribution in [-0.2, 0) is 6.54 Å². The minimum atomic E-state index is 0.469. The van der Waals surface area contributed by atoms with Crippen molar-refractivity contribution in [2.45, 2.75) is 20.4 Å². The fourth-order valence-corrected chi connectivity index (χ4v) is 2.32. The van der Waals surface area contributed by atoms with Crippen LogP contribution in [0.1, 0.15) is 16.7 Å². The second-order valence-corrected chi connectivity index (χ2v) is 5.64. The molecule has 0 fully saturated rings. The zero-order valence-electron chi connectivity index (χ0n) is 10.8. The van der Waals surface area contributed by atoms with E-state index in [1.54, 1.807) is 0 Å². The summed E-state index contributed by atoms with van der Waals surface area (Å²) in [7, 11) is 0. The van der Waals surface area contributed by atoms with E-state index in [0.717, 1.165) is 26.9 Å². The van der Waals surface area contributed by atoms with E-state index in [0.29, 0.717) is 17.3 Å². The van der Waals surface area contributed by atoms with Gasteiger partial charge in [-0.05, 0) is 54.8 Å². The lowest BCUT2D eigenvalue weighted by Gasteiger charge is -2.11. The first-order valence-corrected chi connectivity index (χ1v) is 7.11. The van der Waals surface area contributed by atoms with E-state index >= 15 is 0 Å². The number of hydrogen-bond acceptors (Lipinski definition) is 2. The highest BCUT2D eigenvalue weighted by Crippen LogP contribution is 2.33. The Morgan fingerprint density at radius 2 is 1.79 bits per heavy atom. The summed E-state index contributed by atoms with van der Waals surface area (Å²) in [4.78, 5) is 0. The summed E-state index contributed by atoms with van der Waals surface area (Å²) in [6.07, 6.45) is 0. The van der Waals surface area contributed by atoms with Gasteiger partial charge >= 0.3 is 0 Å². The van der Waals surface area contributed by atoms with Gasteiger partial charge in [0.05, 0.1) is 5.02 Å². The Kier molecular flexibility index (Phi) is 4.50. The van der Waals surface area contributed by atoms with Crippen LogP contribution in [0.2, 0.25) is 5.02 Å². The Bertz CT molecular complexity index is 590. The van der Waals surface area contributed by atoms with Crippen molar-refractivity contribution in [1.82, 2.24) is 0 Å². The molecule has 2 N–H and O–H groups in total. The van der Waals surface area contributed by atoms with Crippen LogP contribution in [0.25, 0.3) is 0 Å². The van der Waals surface area contributed by atoms with Gasteiger partial charge in [-0.15, -0.1) is 0 Å². The van der Waals surface area contributed by atoms with Crippen LogP contribution in [0.5, 0.6) is 11.5 Å². The first kappa shape index (κ1) is 14.4. The Balaban J connectivity index is 2.31. The molecule has 0 radical (unpaired) electrons. The standard InChI is InChI=1S/C15H15BrClNO/c1-9-5-12(6-10(2)15(9)16)19-14-4-3-11(8-18)7-13(14)17/h3-7H,8,18H2,1-2H3. The Hall–Kier alpha value is -1.03. The van der Waals surface area contributed by atoms with E-state index in [4.69, 9.17) is 22.1 Å². The molecular weight excluding hydrogens is 326 g/mol. The van der Waals surface area contributed by atoms with E-state index in [1.165, 1.54) is 0 Å². The molecule has 0 aromatic heterocycles. The number of nitrogens with two attached hydrogens (primary N) is 1. The van der Waals surface area contributed by atoms with Gasteiger partial charge in [0.1, 0.15) is 11.5 Å². The zero-order valence-corrected chi connectivity index (χ0v) is 13.2. The van der Waals surface area contributed by atoms with Crippen molar-refractivity contribution < 1.29 is 4.74 Å². The normalized spacial score (nSPS) is 10.6. The number of hydrogen-bond donors (Lipinski definition) is 1. The maximum atomic E-state index is 6.18. The van der Waals surface area contributed by atoms with Crippen molar-refractivity contribution in [1.29, 1.82) is 0 Å². The Labute approximate surface area is 126 Å². The van der Waals surface area contributed by atoms with E-state index < -0.39 is 0 Å². The highest BCUT2D eigenvalue weighted by atomic mass is 79.9. The molecule has 0 aliphatic carbocycles. The predicted octanol–water partition coefficient (Wildman–Crippen LogP) is 4.97. The molecule has 0 aliphatic heterocycles. The summed E-state index contributed by atoms with van der Waals surface area (Å²) >= 11 is 9.72. The molecule has 0 saturated heterocycles. The smallest absolute Gasteiger partial charge is 0.146 e. The van der Waals surface area contributed by atoms with Crippen LogP contribution in [0.4, 0.5) is 0 Å². The maximum absolute atomic E-state index is 6.18. The van der Waals surface area contributed by atoms with E-state index in [-0.39, 0.29) is 0 Å². The lowest BCUT2D eigenvalue weighted by Crippen LogP contribution is -1.96. The van der Waals surface area contributed by atoms with Crippen molar-refractivity contribution in [2.24, 2.45) is 5.73 Å². The molecule has 0 heterocycles. The molecule has 19 heavy (non-hydrogen) atoms. The van der Waals surface area contributed by atoms with Crippen LogP contribution in [0.3, 0.4) is 0 Å². The predicted molar refractivity (Wildman–Crippen MR) is 83.0 cm³/mol. The van der Waals surface area contributed by atoms with Crippen LogP contribution >= 0.6 is 27.5 Å². The number of rotatable bonds is 3. The molecule has 0 unspecified atom stereocenters. The fraction of sp³-hybridized carbons (Fsp3) is 0.200. The number of aryl methyl sites for hydroxylation is 2. The topological polar surface area (TPSA) is 35.2 Å². The van der Waals surface area contributed by atoms with Gasteiger partial charge in [-0.1, -0.05) is 33.6 Å². The Morgan fingerprint density at radius 3 is 2.32 bits per heavy atom. The summed E-state index contributed by atoms with van der Waals surface area (Å²) in [6, 6.07) is 9.54.